The van der Waals surface area contributed by atoms with Gasteiger partial charge in [0.05, 0.1) is 6.54 Å². The van der Waals surface area contributed by atoms with Crippen molar-refractivity contribution in [3.8, 4) is 0 Å². The number of amides is 3. The molecule has 1 saturated heterocycles. The molecule has 0 aromatic heterocycles. The maximum Gasteiger partial charge on any atom is 0.325 e. The fourth-order valence-corrected chi connectivity index (χ4v) is 2.51. The van der Waals surface area contributed by atoms with Crippen LogP contribution in [0.15, 0.2) is 18.2 Å². The lowest BCUT2D eigenvalue weighted by Crippen LogP contribution is -2.32. The first-order valence-corrected chi connectivity index (χ1v) is 7.05. The third-order valence-electron chi connectivity index (χ3n) is 3.35. The molecule has 0 aliphatic carbocycles. The topological polar surface area (TPSA) is 75.4 Å². The highest BCUT2D eigenvalue weighted by Gasteiger charge is 2.37. The van der Waals surface area contributed by atoms with Gasteiger partial charge in [0.2, 0.25) is 0 Å². The first-order chi connectivity index (χ1) is 9.93. The summed E-state index contributed by atoms with van der Waals surface area (Å²) in [6.07, 6.45) is 1.36. The van der Waals surface area contributed by atoms with E-state index in [1.165, 1.54) is 18.2 Å². The Morgan fingerprint density at radius 1 is 1.48 bits per heavy atom. The van der Waals surface area contributed by atoms with E-state index in [4.69, 9.17) is 18.0 Å². The van der Waals surface area contributed by atoms with Crippen molar-refractivity contribution in [3.05, 3.63) is 35.1 Å². The largest absolute Gasteiger partial charge is 0.389 e. The van der Waals surface area contributed by atoms with Gasteiger partial charge in [-0.15, -0.1) is 0 Å². The number of nitrogens with zero attached hydrogens (tertiary/aromatic N) is 1. The minimum Gasteiger partial charge on any atom is -0.389 e. The van der Waals surface area contributed by atoms with Crippen molar-refractivity contribution in [3.63, 3.8) is 0 Å². The molecule has 2 rings (SSSR count). The molecule has 1 aromatic carbocycles. The standard InChI is InChI=1S/C14H16FN3O2S/c1-2-3-11-13(19)18(14(20)17-11)7-8-6-9(15)4-5-10(8)12(16)21/h4-6,11H,2-3,7H2,1H3,(H2,16,21)(H,17,20). The van der Waals surface area contributed by atoms with Crippen molar-refractivity contribution >= 4 is 29.1 Å². The van der Waals surface area contributed by atoms with E-state index in [1.54, 1.807) is 0 Å². The van der Waals surface area contributed by atoms with Gasteiger partial charge >= 0.3 is 6.03 Å². The van der Waals surface area contributed by atoms with Gasteiger partial charge in [-0.2, -0.15) is 0 Å². The highest BCUT2D eigenvalue weighted by Crippen LogP contribution is 2.18. The quantitative estimate of drug-likeness (QED) is 0.641. The number of halogens is 1. The van der Waals surface area contributed by atoms with Crippen molar-refractivity contribution in [2.45, 2.75) is 32.4 Å². The SMILES string of the molecule is CCCC1NC(=O)N(Cc2cc(F)ccc2C(N)=S)C1=O. The maximum atomic E-state index is 13.4. The predicted octanol–water partition coefficient (Wildman–Crippen LogP) is 1.68. The van der Waals surface area contributed by atoms with Gasteiger partial charge in [0.1, 0.15) is 16.8 Å². The molecule has 0 radical (unpaired) electrons. The molecule has 5 nitrogen and oxygen atoms in total. The van der Waals surface area contributed by atoms with Crippen LogP contribution in [0.4, 0.5) is 9.18 Å². The lowest BCUT2D eigenvalue weighted by molar-refractivity contribution is -0.128. The number of carbonyl (C=O) groups excluding carboxylic acids is 2. The van der Waals surface area contributed by atoms with Crippen molar-refractivity contribution in [1.82, 2.24) is 10.2 Å². The molecule has 1 atom stereocenters. The Balaban J connectivity index is 2.26. The van der Waals surface area contributed by atoms with Gasteiger partial charge in [0.25, 0.3) is 5.91 Å². The van der Waals surface area contributed by atoms with Crippen LogP contribution in [0.3, 0.4) is 0 Å². The van der Waals surface area contributed by atoms with Crippen molar-refractivity contribution in [1.29, 1.82) is 0 Å². The fraction of sp³-hybridized carbons (Fsp3) is 0.357. The second kappa shape index (κ2) is 6.17. The zero-order valence-corrected chi connectivity index (χ0v) is 12.4. The van der Waals surface area contributed by atoms with Crippen LogP contribution < -0.4 is 11.1 Å². The Hall–Kier alpha value is -2.02. The summed E-state index contributed by atoms with van der Waals surface area (Å²) in [6.45, 7) is 1.88. The number of imide groups is 1. The highest BCUT2D eigenvalue weighted by molar-refractivity contribution is 7.80. The Kier molecular flexibility index (Phi) is 4.52. The number of nitrogens with one attached hydrogen (secondary N) is 1. The zero-order chi connectivity index (χ0) is 15.6. The molecule has 0 saturated carbocycles. The van der Waals surface area contributed by atoms with Crippen LogP contribution in [0.25, 0.3) is 0 Å². The average Bonchev–Trinajstić information content (AvgIpc) is 2.67. The Labute approximate surface area is 127 Å². The molecule has 112 valence electrons. The molecule has 1 aromatic rings. The monoisotopic (exact) mass is 309 g/mol. The minimum atomic E-state index is -0.510. The minimum absolute atomic E-state index is 0.0463. The average molecular weight is 309 g/mol. The fourth-order valence-electron chi connectivity index (χ4n) is 2.31. The van der Waals surface area contributed by atoms with Gasteiger partial charge in [-0.1, -0.05) is 25.6 Å². The Morgan fingerprint density at radius 2 is 2.19 bits per heavy atom. The number of thiocarbonyl (C=S) groups is 1. The summed E-state index contributed by atoms with van der Waals surface area (Å²) in [5.41, 5.74) is 6.47. The summed E-state index contributed by atoms with van der Waals surface area (Å²) in [6, 6.07) is 2.95. The number of hydrogen-bond donors (Lipinski definition) is 2. The summed E-state index contributed by atoms with van der Waals surface area (Å²) < 4.78 is 13.4. The van der Waals surface area contributed by atoms with E-state index in [1.807, 2.05) is 6.92 Å². The third kappa shape index (κ3) is 3.18. The van der Waals surface area contributed by atoms with Gasteiger partial charge in [-0.05, 0) is 30.2 Å². The zero-order valence-electron chi connectivity index (χ0n) is 11.6. The van der Waals surface area contributed by atoms with E-state index in [9.17, 15) is 14.0 Å². The second-order valence-electron chi connectivity index (χ2n) is 4.88. The molecule has 0 spiro atoms. The molecule has 1 unspecified atom stereocenters. The van der Waals surface area contributed by atoms with E-state index >= 15 is 0 Å². The van der Waals surface area contributed by atoms with Gasteiger partial charge in [-0.3, -0.25) is 9.69 Å². The molecular formula is C14H16FN3O2S. The van der Waals surface area contributed by atoms with Crippen LogP contribution >= 0.6 is 12.2 Å². The van der Waals surface area contributed by atoms with E-state index < -0.39 is 17.9 Å². The Morgan fingerprint density at radius 3 is 2.81 bits per heavy atom. The van der Waals surface area contributed by atoms with E-state index in [0.717, 1.165) is 11.3 Å². The van der Waals surface area contributed by atoms with Crippen LogP contribution in [0.5, 0.6) is 0 Å². The first-order valence-electron chi connectivity index (χ1n) is 6.64. The predicted molar refractivity (Wildman–Crippen MR) is 80.1 cm³/mol. The van der Waals surface area contributed by atoms with Crippen LogP contribution in [0.1, 0.15) is 30.9 Å². The molecule has 0 bridgehead atoms. The van der Waals surface area contributed by atoms with Crippen molar-refractivity contribution < 1.29 is 14.0 Å². The van der Waals surface area contributed by atoms with Crippen LogP contribution in [0, 0.1) is 5.82 Å². The van der Waals surface area contributed by atoms with E-state index in [2.05, 4.69) is 5.32 Å². The highest BCUT2D eigenvalue weighted by atomic mass is 32.1. The molecule has 7 heteroatoms. The normalized spacial score (nSPS) is 18.0. The number of benzene rings is 1. The number of carbonyl (C=O) groups is 2. The molecule has 3 N–H and O–H groups in total. The molecule has 1 aliphatic heterocycles. The van der Waals surface area contributed by atoms with E-state index in [-0.39, 0.29) is 17.4 Å². The smallest absolute Gasteiger partial charge is 0.325 e. The molecule has 1 aliphatic rings. The number of urea groups is 1. The summed E-state index contributed by atoms with van der Waals surface area (Å²) in [5, 5.41) is 2.62. The maximum absolute atomic E-state index is 13.4. The van der Waals surface area contributed by atoms with Crippen LogP contribution in [-0.4, -0.2) is 27.9 Å². The number of hydrogen-bond acceptors (Lipinski definition) is 3. The lowest BCUT2D eigenvalue weighted by atomic mass is 10.1. The van der Waals surface area contributed by atoms with Crippen molar-refractivity contribution in [2.75, 3.05) is 0 Å². The summed E-state index contributed by atoms with van der Waals surface area (Å²) in [5.74, 6) is -0.776. The molecular weight excluding hydrogens is 293 g/mol. The number of rotatable bonds is 5. The third-order valence-corrected chi connectivity index (χ3v) is 3.57. The van der Waals surface area contributed by atoms with E-state index in [0.29, 0.717) is 17.5 Å². The van der Waals surface area contributed by atoms with Crippen LogP contribution in [0.2, 0.25) is 0 Å². The van der Waals surface area contributed by atoms with Gasteiger partial charge in [0, 0.05) is 5.56 Å². The molecule has 3 amide bonds. The summed E-state index contributed by atoms with van der Waals surface area (Å²) in [4.78, 5) is 25.2. The van der Waals surface area contributed by atoms with Crippen LogP contribution in [-0.2, 0) is 11.3 Å². The number of nitrogens with two attached hydrogens (primary N) is 1. The molecule has 1 heterocycles. The molecule has 1 fully saturated rings. The molecule has 21 heavy (non-hydrogen) atoms. The summed E-state index contributed by atoms with van der Waals surface area (Å²) in [7, 11) is 0. The Bertz CT molecular complexity index is 606. The van der Waals surface area contributed by atoms with Gasteiger partial charge in [0.15, 0.2) is 0 Å². The lowest BCUT2D eigenvalue weighted by Gasteiger charge is -2.15. The van der Waals surface area contributed by atoms with Crippen molar-refractivity contribution in [2.24, 2.45) is 5.73 Å². The second-order valence-corrected chi connectivity index (χ2v) is 5.32. The first kappa shape index (κ1) is 15.4. The summed E-state index contributed by atoms with van der Waals surface area (Å²) >= 11 is 4.91. The van der Waals surface area contributed by atoms with Gasteiger partial charge in [-0.25, -0.2) is 9.18 Å². The van der Waals surface area contributed by atoms with Gasteiger partial charge < -0.3 is 11.1 Å².